The van der Waals surface area contributed by atoms with E-state index in [1.165, 1.54) is 24.1 Å². The molecule has 1 aliphatic rings. The van der Waals surface area contributed by atoms with Gasteiger partial charge in [-0.2, -0.15) is 13.2 Å². The standard InChI is InChI=1S/C29H29F4NO3/c1-17(2)23-14-24(27(36-4)15-25(23)30)22-11-10-21(29(31,32)33)13-20(22)16-34-26(18(3)37-28(34)35)12-19-8-6-5-7-9-19/h5-11,13-15,17-18,26H,12,16H2,1-4H3/t18-,26-/m0/s1. The van der Waals surface area contributed by atoms with Crippen LogP contribution in [0.4, 0.5) is 22.4 Å². The van der Waals surface area contributed by atoms with Gasteiger partial charge in [0.1, 0.15) is 17.7 Å². The predicted molar refractivity (Wildman–Crippen MR) is 133 cm³/mol. The van der Waals surface area contributed by atoms with Gasteiger partial charge in [0.2, 0.25) is 0 Å². The number of rotatable bonds is 7. The number of alkyl halides is 3. The van der Waals surface area contributed by atoms with E-state index in [1.54, 1.807) is 13.0 Å². The molecule has 1 aliphatic heterocycles. The molecule has 1 saturated heterocycles. The molecular formula is C29H29F4NO3. The number of hydrogen-bond donors (Lipinski definition) is 0. The molecular weight excluding hydrogens is 486 g/mol. The Hall–Kier alpha value is -3.55. The fourth-order valence-corrected chi connectivity index (χ4v) is 4.75. The van der Waals surface area contributed by atoms with Gasteiger partial charge in [0.15, 0.2) is 0 Å². The first-order valence-electron chi connectivity index (χ1n) is 12.1. The molecule has 1 fully saturated rings. The van der Waals surface area contributed by atoms with E-state index in [2.05, 4.69) is 0 Å². The molecule has 4 nitrogen and oxygen atoms in total. The van der Waals surface area contributed by atoms with Crippen LogP contribution in [0.1, 0.15) is 48.9 Å². The molecule has 3 aromatic rings. The number of ether oxygens (including phenoxy) is 2. The third-order valence-electron chi connectivity index (χ3n) is 6.76. The van der Waals surface area contributed by atoms with Crippen LogP contribution in [0, 0.1) is 5.82 Å². The third kappa shape index (κ3) is 5.58. The Morgan fingerprint density at radius 3 is 2.35 bits per heavy atom. The molecule has 0 aromatic heterocycles. The molecule has 0 aliphatic carbocycles. The van der Waals surface area contributed by atoms with Crippen LogP contribution in [-0.4, -0.2) is 30.2 Å². The number of methoxy groups -OCH3 is 1. The molecule has 8 heteroatoms. The summed E-state index contributed by atoms with van der Waals surface area (Å²) in [5, 5.41) is 0. The van der Waals surface area contributed by atoms with Gasteiger partial charge in [-0.25, -0.2) is 9.18 Å². The maximum atomic E-state index is 14.7. The van der Waals surface area contributed by atoms with Crippen molar-refractivity contribution in [2.75, 3.05) is 7.11 Å². The summed E-state index contributed by atoms with van der Waals surface area (Å²) >= 11 is 0. The van der Waals surface area contributed by atoms with E-state index in [-0.39, 0.29) is 29.8 Å². The van der Waals surface area contributed by atoms with Crippen LogP contribution in [0.3, 0.4) is 0 Å². The average Bonchev–Trinajstić information content (AvgIpc) is 3.10. The molecule has 0 bridgehead atoms. The number of carbonyl (C=O) groups is 1. The van der Waals surface area contributed by atoms with Gasteiger partial charge >= 0.3 is 12.3 Å². The van der Waals surface area contributed by atoms with Crippen molar-refractivity contribution in [2.45, 2.75) is 58.0 Å². The van der Waals surface area contributed by atoms with Gasteiger partial charge in [-0.15, -0.1) is 0 Å². The lowest BCUT2D eigenvalue weighted by Gasteiger charge is -2.26. The highest BCUT2D eigenvalue weighted by atomic mass is 19.4. The molecule has 1 heterocycles. The van der Waals surface area contributed by atoms with Gasteiger partial charge in [-0.1, -0.05) is 50.2 Å². The van der Waals surface area contributed by atoms with Crippen LogP contribution >= 0.6 is 0 Å². The van der Waals surface area contributed by atoms with Crippen molar-refractivity contribution in [3.63, 3.8) is 0 Å². The van der Waals surface area contributed by atoms with Gasteiger partial charge in [0, 0.05) is 11.6 Å². The van der Waals surface area contributed by atoms with Crippen molar-refractivity contribution in [1.82, 2.24) is 4.90 Å². The Labute approximate surface area is 213 Å². The molecule has 0 saturated carbocycles. The van der Waals surface area contributed by atoms with E-state index in [9.17, 15) is 22.4 Å². The maximum absolute atomic E-state index is 14.7. The lowest BCUT2D eigenvalue weighted by atomic mass is 9.91. The Bertz CT molecular complexity index is 1270. The first kappa shape index (κ1) is 26.5. The fourth-order valence-electron chi connectivity index (χ4n) is 4.75. The largest absolute Gasteiger partial charge is 0.496 e. The van der Waals surface area contributed by atoms with Gasteiger partial charge in [-0.05, 0) is 59.7 Å². The molecule has 0 spiro atoms. The highest BCUT2D eigenvalue weighted by Gasteiger charge is 2.40. The van der Waals surface area contributed by atoms with Crippen LogP contribution < -0.4 is 4.74 Å². The minimum absolute atomic E-state index is 0.114. The van der Waals surface area contributed by atoms with Crippen molar-refractivity contribution >= 4 is 6.09 Å². The first-order chi connectivity index (χ1) is 17.5. The van der Waals surface area contributed by atoms with E-state index in [0.717, 1.165) is 17.7 Å². The number of carbonyl (C=O) groups excluding carboxylic acids is 1. The van der Waals surface area contributed by atoms with Crippen molar-refractivity contribution < 1.29 is 31.8 Å². The van der Waals surface area contributed by atoms with Crippen LogP contribution in [0.15, 0.2) is 60.7 Å². The summed E-state index contributed by atoms with van der Waals surface area (Å²) in [6, 6.07) is 15.4. The van der Waals surface area contributed by atoms with E-state index < -0.39 is 29.8 Å². The topological polar surface area (TPSA) is 38.8 Å². The van der Waals surface area contributed by atoms with Gasteiger partial charge < -0.3 is 9.47 Å². The normalized spacial score (nSPS) is 17.9. The van der Waals surface area contributed by atoms with Crippen LogP contribution in [0.5, 0.6) is 5.75 Å². The lowest BCUT2D eigenvalue weighted by molar-refractivity contribution is -0.137. The SMILES string of the molecule is COc1cc(F)c(C(C)C)cc1-c1ccc(C(F)(F)F)cc1CN1C(=O)O[C@@H](C)[C@@H]1Cc1ccccc1. The quantitative estimate of drug-likeness (QED) is 0.304. The Morgan fingerprint density at radius 1 is 1.03 bits per heavy atom. The van der Waals surface area contributed by atoms with Crippen molar-refractivity contribution in [1.29, 1.82) is 0 Å². The molecule has 37 heavy (non-hydrogen) atoms. The summed E-state index contributed by atoms with van der Waals surface area (Å²) in [6.07, 6.45) is -5.13. The zero-order valence-electron chi connectivity index (χ0n) is 21.1. The minimum Gasteiger partial charge on any atom is -0.496 e. The molecule has 0 unspecified atom stereocenters. The Balaban J connectivity index is 1.82. The second-order valence-corrected chi connectivity index (χ2v) is 9.57. The van der Waals surface area contributed by atoms with Crippen LogP contribution in [-0.2, 0) is 23.9 Å². The zero-order valence-corrected chi connectivity index (χ0v) is 21.1. The summed E-state index contributed by atoms with van der Waals surface area (Å²) in [4.78, 5) is 14.3. The molecule has 0 N–H and O–H groups in total. The Kier molecular flexibility index (Phi) is 7.48. The number of amides is 1. The van der Waals surface area contributed by atoms with E-state index in [1.807, 2.05) is 44.2 Å². The number of halogens is 4. The minimum atomic E-state index is -4.58. The predicted octanol–water partition coefficient (Wildman–Crippen LogP) is 7.60. The summed E-state index contributed by atoms with van der Waals surface area (Å²) in [5.41, 5.74) is 1.70. The maximum Gasteiger partial charge on any atom is 0.416 e. The highest BCUT2D eigenvalue weighted by Crippen LogP contribution is 2.40. The van der Waals surface area contributed by atoms with Gasteiger partial charge in [-0.3, -0.25) is 4.90 Å². The van der Waals surface area contributed by atoms with Crippen LogP contribution in [0.2, 0.25) is 0 Å². The van der Waals surface area contributed by atoms with Gasteiger partial charge in [0.05, 0.1) is 25.3 Å². The molecule has 2 atom stereocenters. The third-order valence-corrected chi connectivity index (χ3v) is 6.76. The molecule has 4 rings (SSSR count). The highest BCUT2D eigenvalue weighted by molar-refractivity contribution is 5.76. The Morgan fingerprint density at radius 2 is 1.73 bits per heavy atom. The second kappa shape index (κ2) is 10.4. The molecule has 196 valence electrons. The average molecular weight is 516 g/mol. The van der Waals surface area contributed by atoms with Crippen molar-refractivity contribution in [3.8, 4) is 16.9 Å². The van der Waals surface area contributed by atoms with Gasteiger partial charge in [0.25, 0.3) is 0 Å². The molecule has 1 amide bonds. The summed E-state index contributed by atoms with van der Waals surface area (Å²) in [7, 11) is 1.38. The summed E-state index contributed by atoms with van der Waals surface area (Å²) < 4.78 is 66.7. The fraction of sp³-hybridized carbons (Fsp3) is 0.345. The number of hydrogen-bond acceptors (Lipinski definition) is 3. The zero-order chi connectivity index (χ0) is 26.9. The second-order valence-electron chi connectivity index (χ2n) is 9.57. The van der Waals surface area contributed by atoms with E-state index in [4.69, 9.17) is 9.47 Å². The number of cyclic esters (lactones) is 1. The molecule has 3 aromatic carbocycles. The van der Waals surface area contributed by atoms with E-state index in [0.29, 0.717) is 23.1 Å². The lowest BCUT2D eigenvalue weighted by Crippen LogP contribution is -2.37. The number of nitrogens with zero attached hydrogens (tertiary/aromatic N) is 1. The van der Waals surface area contributed by atoms with Crippen molar-refractivity contribution in [3.05, 3.63) is 88.7 Å². The number of benzene rings is 3. The van der Waals surface area contributed by atoms with Crippen molar-refractivity contribution in [2.24, 2.45) is 0 Å². The first-order valence-corrected chi connectivity index (χ1v) is 12.1. The monoisotopic (exact) mass is 515 g/mol. The summed E-state index contributed by atoms with van der Waals surface area (Å²) in [6.45, 7) is 5.32. The summed E-state index contributed by atoms with van der Waals surface area (Å²) in [5.74, 6) is -0.419. The molecule has 0 radical (unpaired) electrons. The smallest absolute Gasteiger partial charge is 0.416 e. The van der Waals surface area contributed by atoms with E-state index >= 15 is 0 Å². The van der Waals surface area contributed by atoms with Crippen LogP contribution in [0.25, 0.3) is 11.1 Å².